The van der Waals surface area contributed by atoms with Crippen LogP contribution in [0.4, 0.5) is 5.69 Å². The first-order chi connectivity index (χ1) is 19.6. The highest BCUT2D eigenvalue weighted by Gasteiger charge is 2.32. The standard InChI is InChI=1S/C35H41NO4/c1-4-6-8-13-19-38-31-23-29-32-30(36(3)35(29)37)22-26-21-27(40-24-25-15-11-10-12-16-25)17-18-28(26)33(32)34(31)39-20-14-9-7-5-2/h10-12,15-18,21-23H,4-9,13-14,19-20,24H2,1-3H3. The zero-order valence-corrected chi connectivity index (χ0v) is 24.1. The Kier molecular flexibility index (Phi) is 9.10. The summed E-state index contributed by atoms with van der Waals surface area (Å²) >= 11 is 0. The van der Waals surface area contributed by atoms with Crippen molar-refractivity contribution in [2.24, 2.45) is 0 Å². The molecule has 0 bridgehead atoms. The number of benzene rings is 4. The number of anilines is 1. The number of unbranched alkanes of at least 4 members (excludes halogenated alkanes) is 6. The van der Waals surface area contributed by atoms with Crippen LogP contribution in [0.3, 0.4) is 0 Å². The second kappa shape index (κ2) is 13.1. The van der Waals surface area contributed by atoms with E-state index in [4.69, 9.17) is 14.2 Å². The molecular formula is C35H41NO4. The number of ether oxygens (including phenoxy) is 3. The number of rotatable bonds is 15. The first-order valence-corrected chi connectivity index (χ1v) is 14.9. The fourth-order valence-corrected chi connectivity index (χ4v) is 5.49. The Morgan fingerprint density at radius 3 is 2.17 bits per heavy atom. The average Bonchev–Trinajstić information content (AvgIpc) is 3.22. The molecule has 0 saturated carbocycles. The maximum Gasteiger partial charge on any atom is 0.258 e. The van der Waals surface area contributed by atoms with Crippen molar-refractivity contribution < 1.29 is 19.0 Å². The minimum Gasteiger partial charge on any atom is -0.490 e. The Hall–Kier alpha value is -3.73. The van der Waals surface area contributed by atoms with E-state index >= 15 is 0 Å². The molecule has 0 N–H and O–H groups in total. The van der Waals surface area contributed by atoms with E-state index in [2.05, 4.69) is 44.2 Å². The minimum atomic E-state index is -0.0128. The van der Waals surface area contributed by atoms with Crippen LogP contribution in [0, 0.1) is 0 Å². The van der Waals surface area contributed by atoms with Gasteiger partial charge in [0.25, 0.3) is 5.91 Å². The number of amides is 1. The van der Waals surface area contributed by atoms with Gasteiger partial charge in [-0.15, -0.1) is 0 Å². The summed E-state index contributed by atoms with van der Waals surface area (Å²) in [6, 6.07) is 20.3. The summed E-state index contributed by atoms with van der Waals surface area (Å²) in [7, 11) is 1.84. The van der Waals surface area contributed by atoms with E-state index in [1.807, 2.05) is 37.4 Å². The fraction of sp³-hybridized carbons (Fsp3) is 0.400. The lowest BCUT2D eigenvalue weighted by molar-refractivity contribution is 0.0998. The molecule has 0 radical (unpaired) electrons. The fourth-order valence-electron chi connectivity index (χ4n) is 5.49. The molecule has 0 spiro atoms. The van der Waals surface area contributed by atoms with Gasteiger partial charge in [0.1, 0.15) is 12.4 Å². The molecule has 1 aliphatic heterocycles. The lowest BCUT2D eigenvalue weighted by Gasteiger charge is -2.18. The van der Waals surface area contributed by atoms with Gasteiger partial charge < -0.3 is 19.1 Å². The molecule has 4 aromatic carbocycles. The Bertz CT molecular complexity index is 1460. The van der Waals surface area contributed by atoms with Gasteiger partial charge in [-0.1, -0.05) is 82.7 Å². The van der Waals surface area contributed by atoms with Gasteiger partial charge in [-0.3, -0.25) is 4.79 Å². The van der Waals surface area contributed by atoms with Crippen LogP contribution in [0.5, 0.6) is 17.2 Å². The zero-order chi connectivity index (χ0) is 27.9. The molecular weight excluding hydrogens is 498 g/mol. The first-order valence-electron chi connectivity index (χ1n) is 14.9. The first kappa shape index (κ1) is 27.8. The molecule has 5 nitrogen and oxygen atoms in total. The van der Waals surface area contributed by atoms with Gasteiger partial charge in [0.2, 0.25) is 0 Å². The molecule has 0 fully saturated rings. The molecule has 5 heteroatoms. The Morgan fingerprint density at radius 2 is 1.45 bits per heavy atom. The highest BCUT2D eigenvalue weighted by Crippen LogP contribution is 2.49. The Morgan fingerprint density at radius 1 is 0.725 bits per heavy atom. The molecule has 210 valence electrons. The summed E-state index contributed by atoms with van der Waals surface area (Å²) in [5, 5.41) is 3.95. The molecule has 5 rings (SSSR count). The topological polar surface area (TPSA) is 48.0 Å². The van der Waals surface area contributed by atoms with Gasteiger partial charge >= 0.3 is 0 Å². The predicted molar refractivity (Wildman–Crippen MR) is 164 cm³/mol. The monoisotopic (exact) mass is 539 g/mol. The molecule has 0 aromatic heterocycles. The van der Waals surface area contributed by atoms with Gasteiger partial charge in [0.05, 0.1) is 24.5 Å². The van der Waals surface area contributed by atoms with Crippen molar-refractivity contribution in [2.75, 3.05) is 25.2 Å². The van der Waals surface area contributed by atoms with E-state index < -0.39 is 0 Å². The van der Waals surface area contributed by atoms with Crippen LogP contribution in [0.1, 0.15) is 81.1 Å². The average molecular weight is 540 g/mol. The van der Waals surface area contributed by atoms with Crippen LogP contribution >= 0.6 is 0 Å². The van der Waals surface area contributed by atoms with Crippen molar-refractivity contribution in [3.8, 4) is 17.2 Å². The summed E-state index contributed by atoms with van der Waals surface area (Å²) in [6.45, 7) is 6.15. The second-order valence-corrected chi connectivity index (χ2v) is 10.7. The van der Waals surface area contributed by atoms with E-state index in [0.717, 1.165) is 70.0 Å². The summed E-state index contributed by atoms with van der Waals surface area (Å²) in [5.74, 6) is 2.20. The van der Waals surface area contributed by atoms with Crippen LogP contribution in [-0.4, -0.2) is 26.2 Å². The minimum absolute atomic E-state index is 0.0128. The summed E-state index contributed by atoms with van der Waals surface area (Å²) in [5.41, 5.74) is 2.70. The molecule has 1 heterocycles. The molecule has 0 unspecified atom stereocenters. The molecule has 4 aromatic rings. The SMILES string of the molecule is CCCCCCOc1cc2c3c(cc4cc(OCc5ccccc5)ccc4c3c1OCCCCCC)N(C)C2=O. The number of hydrogen-bond acceptors (Lipinski definition) is 4. The number of fused-ring (bicyclic) bond motifs is 2. The normalized spacial score (nSPS) is 12.5. The molecule has 1 aliphatic rings. The lowest BCUT2D eigenvalue weighted by atomic mass is 9.97. The maximum atomic E-state index is 13.4. The van der Waals surface area contributed by atoms with E-state index in [9.17, 15) is 4.79 Å². The highest BCUT2D eigenvalue weighted by atomic mass is 16.5. The highest BCUT2D eigenvalue weighted by molar-refractivity contribution is 6.31. The van der Waals surface area contributed by atoms with Crippen molar-refractivity contribution in [3.05, 3.63) is 71.8 Å². The number of carbonyl (C=O) groups excluding carboxylic acids is 1. The molecule has 0 saturated heterocycles. The van der Waals surface area contributed by atoms with E-state index in [0.29, 0.717) is 31.1 Å². The summed E-state index contributed by atoms with van der Waals surface area (Å²) < 4.78 is 19.1. The zero-order valence-electron chi connectivity index (χ0n) is 24.1. The predicted octanol–water partition coefficient (Wildman–Crippen LogP) is 9.08. The number of nitrogens with zero attached hydrogens (tertiary/aromatic N) is 1. The molecule has 0 atom stereocenters. The van der Waals surface area contributed by atoms with E-state index in [1.165, 1.54) is 25.7 Å². The van der Waals surface area contributed by atoms with Gasteiger partial charge in [-0.25, -0.2) is 0 Å². The van der Waals surface area contributed by atoms with Gasteiger partial charge in [-0.2, -0.15) is 0 Å². The third-order valence-corrected chi connectivity index (χ3v) is 7.73. The van der Waals surface area contributed by atoms with Crippen molar-refractivity contribution in [3.63, 3.8) is 0 Å². The molecule has 40 heavy (non-hydrogen) atoms. The van der Waals surface area contributed by atoms with Crippen LogP contribution in [0.2, 0.25) is 0 Å². The Balaban J connectivity index is 1.56. The lowest BCUT2D eigenvalue weighted by Crippen LogP contribution is -2.20. The Labute approximate surface area is 238 Å². The summed E-state index contributed by atoms with van der Waals surface area (Å²) in [6.07, 6.45) is 8.98. The van der Waals surface area contributed by atoms with E-state index in [1.54, 1.807) is 4.90 Å². The van der Waals surface area contributed by atoms with Crippen molar-refractivity contribution >= 4 is 33.1 Å². The van der Waals surface area contributed by atoms with Gasteiger partial charge in [-0.05, 0) is 59.5 Å². The summed E-state index contributed by atoms with van der Waals surface area (Å²) in [4.78, 5) is 15.1. The van der Waals surface area contributed by atoms with Gasteiger partial charge in [0.15, 0.2) is 11.5 Å². The third-order valence-electron chi connectivity index (χ3n) is 7.73. The van der Waals surface area contributed by atoms with E-state index in [-0.39, 0.29) is 5.91 Å². The molecule has 0 aliphatic carbocycles. The maximum absolute atomic E-state index is 13.4. The van der Waals surface area contributed by atoms with Crippen LogP contribution < -0.4 is 19.1 Å². The van der Waals surface area contributed by atoms with Crippen molar-refractivity contribution in [1.82, 2.24) is 0 Å². The third kappa shape index (κ3) is 5.89. The van der Waals surface area contributed by atoms with Crippen LogP contribution in [-0.2, 0) is 6.61 Å². The van der Waals surface area contributed by atoms with Crippen LogP contribution in [0.25, 0.3) is 21.5 Å². The van der Waals surface area contributed by atoms with Gasteiger partial charge in [0, 0.05) is 17.8 Å². The smallest absolute Gasteiger partial charge is 0.258 e. The molecule has 1 amide bonds. The largest absolute Gasteiger partial charge is 0.490 e. The van der Waals surface area contributed by atoms with Crippen molar-refractivity contribution in [2.45, 2.75) is 71.8 Å². The van der Waals surface area contributed by atoms with Crippen molar-refractivity contribution in [1.29, 1.82) is 0 Å². The van der Waals surface area contributed by atoms with Crippen LogP contribution in [0.15, 0.2) is 60.7 Å². The number of hydrogen-bond donors (Lipinski definition) is 0. The quantitative estimate of drug-likeness (QED) is 0.112. The number of carbonyl (C=O) groups is 1. The second-order valence-electron chi connectivity index (χ2n) is 10.7.